The molecule has 2 rings (SSSR count). The van der Waals surface area contributed by atoms with Crippen LogP contribution in [0.1, 0.15) is 32.6 Å². The van der Waals surface area contributed by atoms with E-state index >= 15 is 0 Å². The smallest absolute Gasteiger partial charge is 0.327 e. The third-order valence-corrected chi connectivity index (χ3v) is 5.30. The number of carbonyl (C=O) groups is 2. The largest absolute Gasteiger partial charge is 0.491 e. The average molecular weight is 427 g/mol. The summed E-state index contributed by atoms with van der Waals surface area (Å²) in [5, 5.41) is 29.4. The second kappa shape index (κ2) is 10.7. The number of allylic oxidation sites excluding steroid dienone is 1. The van der Waals surface area contributed by atoms with Crippen molar-refractivity contribution in [1.29, 1.82) is 0 Å². The maximum atomic E-state index is 12.6. The summed E-state index contributed by atoms with van der Waals surface area (Å²) in [5.74, 6) is -0.936. The van der Waals surface area contributed by atoms with E-state index in [1.54, 1.807) is 24.3 Å². The molecule has 1 fully saturated rings. The predicted molar refractivity (Wildman–Crippen MR) is 107 cm³/mol. The standard InChI is InChI=1S/C21H27ClO7/c1-14(4-2-3-5-20(26)27)21(11-16(23)10-19(21)25)29-13-17(24)12-28-18-8-6-15(22)7-9-18/h3,5-9,14,16-17,23-24H,2,4,10-13H2,1H3,(H,26,27). The number of carboxylic acids is 1. The quantitative estimate of drug-likeness (QED) is 0.466. The molecule has 4 atom stereocenters. The fourth-order valence-electron chi connectivity index (χ4n) is 3.46. The third kappa shape index (κ3) is 6.82. The lowest BCUT2D eigenvalue weighted by atomic mass is 9.82. The zero-order valence-electron chi connectivity index (χ0n) is 16.3. The number of hydrogen-bond acceptors (Lipinski definition) is 6. The first-order valence-electron chi connectivity index (χ1n) is 9.54. The molecule has 29 heavy (non-hydrogen) atoms. The molecule has 0 spiro atoms. The highest BCUT2D eigenvalue weighted by Gasteiger charge is 2.51. The number of hydrogen-bond donors (Lipinski definition) is 3. The van der Waals surface area contributed by atoms with E-state index in [1.807, 2.05) is 6.92 Å². The van der Waals surface area contributed by atoms with Crippen molar-refractivity contribution >= 4 is 23.4 Å². The Bertz CT molecular complexity index is 718. The molecule has 160 valence electrons. The highest BCUT2D eigenvalue weighted by Crippen LogP contribution is 2.39. The number of aliphatic hydroxyl groups excluding tert-OH is 2. The van der Waals surface area contributed by atoms with Crippen LogP contribution in [0, 0.1) is 5.92 Å². The Kier molecular flexibility index (Phi) is 8.64. The zero-order chi connectivity index (χ0) is 21.4. The first kappa shape index (κ1) is 23.3. The van der Waals surface area contributed by atoms with Gasteiger partial charge in [-0.25, -0.2) is 4.79 Å². The molecular weight excluding hydrogens is 400 g/mol. The number of ketones is 1. The van der Waals surface area contributed by atoms with Gasteiger partial charge in [-0.15, -0.1) is 0 Å². The topological polar surface area (TPSA) is 113 Å². The first-order valence-corrected chi connectivity index (χ1v) is 9.92. The lowest BCUT2D eigenvalue weighted by Gasteiger charge is -2.34. The molecule has 0 heterocycles. The third-order valence-electron chi connectivity index (χ3n) is 5.04. The highest BCUT2D eigenvalue weighted by atomic mass is 35.5. The van der Waals surface area contributed by atoms with Crippen LogP contribution in [-0.2, 0) is 14.3 Å². The van der Waals surface area contributed by atoms with Crippen LogP contribution in [0.3, 0.4) is 0 Å². The number of rotatable bonds is 11. The number of aliphatic hydroxyl groups is 2. The molecule has 1 aromatic carbocycles. The molecular formula is C21H27ClO7. The summed E-state index contributed by atoms with van der Waals surface area (Å²) in [6, 6.07) is 6.71. The van der Waals surface area contributed by atoms with Crippen molar-refractivity contribution in [1.82, 2.24) is 0 Å². The van der Waals surface area contributed by atoms with Gasteiger partial charge in [-0.2, -0.15) is 0 Å². The van der Waals surface area contributed by atoms with Gasteiger partial charge in [-0.05, 0) is 43.0 Å². The first-order chi connectivity index (χ1) is 13.7. The molecule has 1 aliphatic rings. The molecule has 1 aliphatic carbocycles. The molecule has 0 amide bonds. The van der Waals surface area contributed by atoms with E-state index in [9.17, 15) is 19.8 Å². The maximum absolute atomic E-state index is 12.6. The van der Waals surface area contributed by atoms with E-state index in [0.29, 0.717) is 23.6 Å². The van der Waals surface area contributed by atoms with E-state index in [2.05, 4.69) is 0 Å². The fourth-order valence-corrected chi connectivity index (χ4v) is 3.59. The van der Waals surface area contributed by atoms with E-state index in [-0.39, 0.29) is 37.8 Å². The van der Waals surface area contributed by atoms with Crippen LogP contribution in [0.2, 0.25) is 5.02 Å². The second-order valence-electron chi connectivity index (χ2n) is 7.32. The zero-order valence-corrected chi connectivity index (χ0v) is 17.0. The van der Waals surface area contributed by atoms with Crippen molar-refractivity contribution < 1.29 is 34.4 Å². The Labute approximate surface area is 174 Å². The van der Waals surface area contributed by atoms with Crippen molar-refractivity contribution in [2.75, 3.05) is 13.2 Å². The van der Waals surface area contributed by atoms with Gasteiger partial charge in [0.1, 0.15) is 24.1 Å². The van der Waals surface area contributed by atoms with Crippen LogP contribution in [-0.4, -0.2) is 58.1 Å². The molecule has 1 saturated carbocycles. The average Bonchev–Trinajstić information content (AvgIpc) is 2.97. The molecule has 8 heteroatoms. The van der Waals surface area contributed by atoms with Gasteiger partial charge < -0.3 is 24.8 Å². The van der Waals surface area contributed by atoms with Gasteiger partial charge in [-0.1, -0.05) is 24.6 Å². The maximum Gasteiger partial charge on any atom is 0.327 e. The Hall–Kier alpha value is -1.93. The van der Waals surface area contributed by atoms with Gasteiger partial charge >= 0.3 is 5.97 Å². The van der Waals surface area contributed by atoms with Gasteiger partial charge in [0.25, 0.3) is 0 Å². The van der Waals surface area contributed by atoms with Crippen molar-refractivity contribution in [3.63, 3.8) is 0 Å². The van der Waals surface area contributed by atoms with Crippen LogP contribution in [0.5, 0.6) is 5.75 Å². The summed E-state index contributed by atoms with van der Waals surface area (Å²) in [6.07, 6.45) is 1.96. The van der Waals surface area contributed by atoms with Crippen LogP contribution in [0.4, 0.5) is 0 Å². The summed E-state index contributed by atoms with van der Waals surface area (Å²) in [6.45, 7) is 1.69. The van der Waals surface area contributed by atoms with Crippen LogP contribution >= 0.6 is 11.6 Å². The lowest BCUT2D eigenvalue weighted by molar-refractivity contribution is -0.155. The van der Waals surface area contributed by atoms with Crippen LogP contribution in [0.15, 0.2) is 36.4 Å². The minimum Gasteiger partial charge on any atom is -0.491 e. The highest BCUT2D eigenvalue weighted by molar-refractivity contribution is 6.30. The SMILES string of the molecule is CC(CCC=CC(=O)O)C1(OCC(O)COc2ccc(Cl)cc2)CC(O)CC1=O. The summed E-state index contributed by atoms with van der Waals surface area (Å²) >= 11 is 5.82. The van der Waals surface area contributed by atoms with Gasteiger partial charge in [-0.3, -0.25) is 4.79 Å². The second-order valence-corrected chi connectivity index (χ2v) is 7.76. The number of Topliss-reactive ketones (excluding diaryl/α,β-unsaturated/α-hetero) is 1. The number of halogens is 1. The van der Waals surface area contributed by atoms with E-state index in [0.717, 1.165) is 6.08 Å². The number of carboxylic acid groups (broad SMARTS) is 1. The lowest BCUT2D eigenvalue weighted by Crippen LogP contribution is -2.46. The summed E-state index contributed by atoms with van der Waals surface area (Å²) in [7, 11) is 0. The molecule has 1 aromatic rings. The molecule has 3 N–H and O–H groups in total. The van der Waals surface area contributed by atoms with E-state index < -0.39 is 23.8 Å². The Balaban J connectivity index is 1.92. The van der Waals surface area contributed by atoms with E-state index in [4.69, 9.17) is 26.2 Å². The van der Waals surface area contributed by atoms with Gasteiger partial charge in [0, 0.05) is 23.9 Å². The van der Waals surface area contributed by atoms with Crippen LogP contribution < -0.4 is 4.74 Å². The summed E-state index contributed by atoms with van der Waals surface area (Å²) in [5.41, 5.74) is -1.20. The van der Waals surface area contributed by atoms with E-state index in [1.165, 1.54) is 6.08 Å². The minimum atomic E-state index is -1.20. The van der Waals surface area contributed by atoms with Crippen molar-refractivity contribution in [3.05, 3.63) is 41.4 Å². The Morgan fingerprint density at radius 3 is 2.62 bits per heavy atom. The Morgan fingerprint density at radius 1 is 1.34 bits per heavy atom. The number of ether oxygens (including phenoxy) is 2. The molecule has 0 radical (unpaired) electrons. The van der Waals surface area contributed by atoms with Gasteiger partial charge in [0.2, 0.25) is 0 Å². The van der Waals surface area contributed by atoms with Crippen molar-refractivity contribution in [2.24, 2.45) is 5.92 Å². The van der Waals surface area contributed by atoms with Gasteiger partial charge in [0.05, 0.1) is 12.7 Å². The Morgan fingerprint density at radius 2 is 2.03 bits per heavy atom. The molecule has 7 nitrogen and oxygen atoms in total. The molecule has 0 saturated heterocycles. The number of benzene rings is 1. The predicted octanol–water partition coefficient (Wildman–Crippen LogP) is 2.62. The minimum absolute atomic E-state index is 0.00662. The molecule has 0 aromatic heterocycles. The molecule has 0 aliphatic heterocycles. The van der Waals surface area contributed by atoms with Crippen molar-refractivity contribution in [3.8, 4) is 5.75 Å². The monoisotopic (exact) mass is 426 g/mol. The van der Waals surface area contributed by atoms with Crippen LogP contribution in [0.25, 0.3) is 0 Å². The molecule has 4 unspecified atom stereocenters. The number of aliphatic carboxylic acids is 1. The summed E-state index contributed by atoms with van der Waals surface area (Å²) < 4.78 is 11.4. The van der Waals surface area contributed by atoms with Gasteiger partial charge in [0.15, 0.2) is 5.78 Å². The van der Waals surface area contributed by atoms with Crippen molar-refractivity contribution in [2.45, 2.75) is 50.4 Å². The fraction of sp³-hybridized carbons (Fsp3) is 0.524. The summed E-state index contributed by atoms with van der Waals surface area (Å²) in [4.78, 5) is 23.2. The number of carbonyl (C=O) groups excluding carboxylic acids is 1. The normalized spacial score (nSPS) is 24.0. The molecule has 0 bridgehead atoms.